The molecule has 0 bridgehead atoms. The number of anilines is 2. The standard InChI is InChI=1S/C17H21N3/c1-14(15-10-12-16(13-11-15)19(2)3)18-20(4)17-8-6-5-7-9-17/h5-13H,1-4H3. The molecule has 2 aromatic rings. The summed E-state index contributed by atoms with van der Waals surface area (Å²) in [6.45, 7) is 2.03. The molecule has 2 rings (SSSR count). The van der Waals surface area contributed by atoms with Crippen molar-refractivity contribution in [3.05, 3.63) is 60.2 Å². The van der Waals surface area contributed by atoms with Crippen LogP contribution >= 0.6 is 0 Å². The maximum Gasteiger partial charge on any atom is 0.0650 e. The number of para-hydroxylation sites is 1. The molecule has 0 saturated heterocycles. The van der Waals surface area contributed by atoms with Gasteiger partial charge in [0.15, 0.2) is 0 Å². The minimum absolute atomic E-state index is 1.00. The van der Waals surface area contributed by atoms with E-state index in [0.29, 0.717) is 0 Å². The first kappa shape index (κ1) is 14.1. The van der Waals surface area contributed by atoms with Gasteiger partial charge in [-0.1, -0.05) is 30.3 Å². The summed E-state index contributed by atoms with van der Waals surface area (Å²) in [5, 5.41) is 6.53. The van der Waals surface area contributed by atoms with E-state index in [-0.39, 0.29) is 0 Å². The van der Waals surface area contributed by atoms with Crippen molar-refractivity contribution in [3.8, 4) is 0 Å². The van der Waals surface area contributed by atoms with Gasteiger partial charge in [0.2, 0.25) is 0 Å². The van der Waals surface area contributed by atoms with Crippen LogP contribution in [0.15, 0.2) is 59.7 Å². The summed E-state index contributed by atoms with van der Waals surface area (Å²) in [5.41, 5.74) is 4.41. The normalized spacial score (nSPS) is 11.3. The number of hydrogen-bond donors (Lipinski definition) is 0. The van der Waals surface area contributed by atoms with Crippen molar-refractivity contribution in [1.29, 1.82) is 0 Å². The van der Waals surface area contributed by atoms with E-state index in [1.165, 1.54) is 5.69 Å². The van der Waals surface area contributed by atoms with Gasteiger partial charge in [-0.05, 0) is 36.8 Å². The predicted molar refractivity (Wildman–Crippen MR) is 87.8 cm³/mol. The first-order valence-electron chi connectivity index (χ1n) is 6.69. The van der Waals surface area contributed by atoms with Crippen molar-refractivity contribution in [2.24, 2.45) is 5.10 Å². The minimum Gasteiger partial charge on any atom is -0.378 e. The molecule has 0 spiro atoms. The number of benzene rings is 2. The summed E-state index contributed by atoms with van der Waals surface area (Å²) in [6.07, 6.45) is 0. The summed E-state index contributed by atoms with van der Waals surface area (Å²) in [4.78, 5) is 2.09. The molecule has 0 fully saturated rings. The Labute approximate surface area is 121 Å². The number of hydrogen-bond acceptors (Lipinski definition) is 3. The number of nitrogens with zero attached hydrogens (tertiary/aromatic N) is 3. The molecule has 0 aromatic heterocycles. The lowest BCUT2D eigenvalue weighted by molar-refractivity contribution is 1.01. The Morgan fingerprint density at radius 1 is 0.800 bits per heavy atom. The van der Waals surface area contributed by atoms with Crippen molar-refractivity contribution >= 4 is 17.1 Å². The van der Waals surface area contributed by atoms with Crippen LogP contribution in [0.5, 0.6) is 0 Å². The van der Waals surface area contributed by atoms with E-state index >= 15 is 0 Å². The van der Waals surface area contributed by atoms with Gasteiger partial charge in [0, 0.05) is 26.8 Å². The van der Waals surface area contributed by atoms with Crippen LogP contribution in [0.3, 0.4) is 0 Å². The molecule has 0 radical (unpaired) electrons. The highest BCUT2D eigenvalue weighted by Crippen LogP contribution is 2.15. The average molecular weight is 267 g/mol. The van der Waals surface area contributed by atoms with E-state index in [4.69, 9.17) is 0 Å². The van der Waals surface area contributed by atoms with Crippen LogP contribution in [0.2, 0.25) is 0 Å². The molecule has 20 heavy (non-hydrogen) atoms. The molecule has 104 valence electrons. The Hall–Kier alpha value is -2.29. The SMILES string of the molecule is CC(=NN(C)c1ccccc1)c1ccc(N(C)C)cc1. The van der Waals surface area contributed by atoms with Gasteiger partial charge < -0.3 is 4.90 Å². The van der Waals surface area contributed by atoms with E-state index in [9.17, 15) is 0 Å². The van der Waals surface area contributed by atoms with Gasteiger partial charge in [-0.3, -0.25) is 5.01 Å². The van der Waals surface area contributed by atoms with Gasteiger partial charge in [0.1, 0.15) is 0 Å². The summed E-state index contributed by atoms with van der Waals surface area (Å²) in [7, 11) is 6.05. The predicted octanol–water partition coefficient (Wildman–Crippen LogP) is 3.61. The fourth-order valence-corrected chi connectivity index (χ4v) is 1.98. The molecule has 0 unspecified atom stereocenters. The van der Waals surface area contributed by atoms with E-state index in [0.717, 1.165) is 17.0 Å². The maximum atomic E-state index is 4.63. The lowest BCUT2D eigenvalue weighted by Gasteiger charge is -2.15. The third-order valence-corrected chi connectivity index (χ3v) is 3.23. The molecule has 0 saturated carbocycles. The van der Waals surface area contributed by atoms with Crippen LogP contribution in [0.1, 0.15) is 12.5 Å². The van der Waals surface area contributed by atoms with Crippen LogP contribution in [0.25, 0.3) is 0 Å². The molecular formula is C17H21N3. The molecule has 0 N–H and O–H groups in total. The molecule has 0 aliphatic rings. The highest BCUT2D eigenvalue weighted by Gasteiger charge is 2.02. The zero-order valence-corrected chi connectivity index (χ0v) is 12.5. The van der Waals surface area contributed by atoms with Gasteiger partial charge >= 0.3 is 0 Å². The van der Waals surface area contributed by atoms with Crippen LogP contribution in [-0.2, 0) is 0 Å². The third kappa shape index (κ3) is 3.38. The van der Waals surface area contributed by atoms with Crippen molar-refractivity contribution in [1.82, 2.24) is 0 Å². The fourth-order valence-electron chi connectivity index (χ4n) is 1.98. The zero-order chi connectivity index (χ0) is 14.5. The Kier molecular flexibility index (Phi) is 4.41. The maximum absolute atomic E-state index is 4.63. The average Bonchev–Trinajstić information content (AvgIpc) is 2.48. The number of hydrazone groups is 1. The molecule has 3 nitrogen and oxygen atoms in total. The zero-order valence-electron chi connectivity index (χ0n) is 12.5. The van der Waals surface area contributed by atoms with Gasteiger partial charge in [0.25, 0.3) is 0 Å². The highest BCUT2D eigenvalue weighted by atomic mass is 15.4. The van der Waals surface area contributed by atoms with Gasteiger partial charge in [0.05, 0.1) is 11.4 Å². The van der Waals surface area contributed by atoms with Gasteiger partial charge in [-0.2, -0.15) is 5.10 Å². The Bertz CT molecular complexity index is 571. The molecule has 3 heteroatoms. The molecule has 0 heterocycles. The quantitative estimate of drug-likeness (QED) is 0.622. The first-order valence-corrected chi connectivity index (χ1v) is 6.69. The van der Waals surface area contributed by atoms with Crippen molar-refractivity contribution < 1.29 is 0 Å². The van der Waals surface area contributed by atoms with Crippen LogP contribution in [-0.4, -0.2) is 26.9 Å². The van der Waals surface area contributed by atoms with E-state index in [1.54, 1.807) is 0 Å². The molecular weight excluding hydrogens is 246 g/mol. The van der Waals surface area contributed by atoms with Crippen molar-refractivity contribution in [2.75, 3.05) is 31.1 Å². The van der Waals surface area contributed by atoms with E-state index < -0.39 is 0 Å². The van der Waals surface area contributed by atoms with E-state index in [1.807, 2.05) is 63.4 Å². The topological polar surface area (TPSA) is 18.8 Å². The first-order chi connectivity index (χ1) is 9.58. The van der Waals surface area contributed by atoms with Gasteiger partial charge in [-0.25, -0.2) is 0 Å². The van der Waals surface area contributed by atoms with Crippen molar-refractivity contribution in [3.63, 3.8) is 0 Å². The highest BCUT2D eigenvalue weighted by molar-refractivity contribution is 5.99. The smallest absolute Gasteiger partial charge is 0.0650 e. The monoisotopic (exact) mass is 267 g/mol. The molecule has 0 aliphatic carbocycles. The Morgan fingerprint density at radius 3 is 1.95 bits per heavy atom. The molecule has 0 amide bonds. The van der Waals surface area contributed by atoms with Gasteiger partial charge in [-0.15, -0.1) is 0 Å². The molecule has 0 aliphatic heterocycles. The minimum atomic E-state index is 1.00. The van der Waals surface area contributed by atoms with Crippen LogP contribution in [0, 0.1) is 0 Å². The fraction of sp³-hybridized carbons (Fsp3) is 0.235. The third-order valence-electron chi connectivity index (χ3n) is 3.23. The second kappa shape index (κ2) is 6.24. The Balaban J connectivity index is 2.18. The lowest BCUT2D eigenvalue weighted by Crippen LogP contribution is -2.12. The second-order valence-corrected chi connectivity index (χ2v) is 4.99. The second-order valence-electron chi connectivity index (χ2n) is 4.99. The summed E-state index contributed by atoms with van der Waals surface area (Å²) >= 11 is 0. The summed E-state index contributed by atoms with van der Waals surface area (Å²) in [6, 6.07) is 18.6. The van der Waals surface area contributed by atoms with E-state index in [2.05, 4.69) is 34.3 Å². The Morgan fingerprint density at radius 2 is 1.40 bits per heavy atom. The molecule has 2 aromatic carbocycles. The van der Waals surface area contributed by atoms with Crippen LogP contribution < -0.4 is 9.91 Å². The van der Waals surface area contributed by atoms with Crippen LogP contribution in [0.4, 0.5) is 11.4 Å². The van der Waals surface area contributed by atoms with Crippen molar-refractivity contribution in [2.45, 2.75) is 6.92 Å². The summed E-state index contributed by atoms with van der Waals surface area (Å²) in [5.74, 6) is 0. The lowest BCUT2D eigenvalue weighted by atomic mass is 10.1. The summed E-state index contributed by atoms with van der Waals surface area (Å²) < 4.78 is 0. The molecule has 0 atom stereocenters. The largest absolute Gasteiger partial charge is 0.378 e. The number of rotatable bonds is 4.